The van der Waals surface area contributed by atoms with Gasteiger partial charge >= 0.3 is 0 Å². The predicted molar refractivity (Wildman–Crippen MR) is 102 cm³/mol. The molecule has 26 heavy (non-hydrogen) atoms. The molecule has 1 aliphatic carbocycles. The zero-order valence-corrected chi connectivity index (χ0v) is 15.7. The van der Waals surface area contributed by atoms with E-state index in [-0.39, 0.29) is 24.0 Å². The van der Waals surface area contributed by atoms with Gasteiger partial charge in [0.05, 0.1) is 6.04 Å². The minimum absolute atomic E-state index is 0.0731. The number of hydrogen-bond donors (Lipinski definition) is 1. The third kappa shape index (κ3) is 3.34. The highest BCUT2D eigenvalue weighted by Gasteiger charge is 2.41. The van der Waals surface area contributed by atoms with Gasteiger partial charge in [0.25, 0.3) is 0 Å². The zero-order chi connectivity index (χ0) is 18.3. The molecule has 0 radical (unpaired) electrons. The molecule has 1 heterocycles. The number of likely N-dealkylation sites (tertiary alicyclic amines) is 1. The minimum atomic E-state index is -0.246. The fourth-order valence-corrected chi connectivity index (χ4v) is 4.46. The number of ether oxygens (including phenoxy) is 1. The molecule has 4 rings (SSSR count). The molecule has 0 saturated carbocycles. The van der Waals surface area contributed by atoms with E-state index in [4.69, 9.17) is 22.1 Å². The molecule has 5 heteroatoms. The summed E-state index contributed by atoms with van der Waals surface area (Å²) in [6.45, 7) is 3.81. The Bertz CT molecular complexity index is 813. The van der Waals surface area contributed by atoms with Crippen LogP contribution >= 0.6 is 11.6 Å². The summed E-state index contributed by atoms with van der Waals surface area (Å²) in [5.74, 6) is 0.590. The standard InChI is InChI=1S/C21H24ClFN2O/c1-13-5-2-3-7-20(13)26-21-17-9-14(22)10-18(23)16(17)11-19(21)25-8-4-6-15(24)12-25/h2-3,5,7,9-10,15,19,21H,4,6,8,11-12,24H2,1H3/t15-,19+,21+/m1/s1. The second-order valence-electron chi connectivity index (χ2n) is 7.43. The van der Waals surface area contributed by atoms with Gasteiger partial charge in [0.1, 0.15) is 17.7 Å². The van der Waals surface area contributed by atoms with Crippen molar-refractivity contribution in [2.24, 2.45) is 5.73 Å². The first-order valence-corrected chi connectivity index (χ1v) is 9.60. The first-order chi connectivity index (χ1) is 12.5. The highest BCUT2D eigenvalue weighted by atomic mass is 35.5. The van der Waals surface area contributed by atoms with Crippen LogP contribution in [-0.4, -0.2) is 30.1 Å². The lowest BCUT2D eigenvalue weighted by molar-refractivity contribution is 0.0589. The lowest BCUT2D eigenvalue weighted by atomic mass is 10.0. The van der Waals surface area contributed by atoms with Crippen molar-refractivity contribution in [3.63, 3.8) is 0 Å². The number of nitrogens with two attached hydrogens (primary N) is 1. The van der Waals surface area contributed by atoms with Crippen LogP contribution in [0.4, 0.5) is 4.39 Å². The Morgan fingerprint density at radius 1 is 1.27 bits per heavy atom. The number of para-hydroxylation sites is 1. The van der Waals surface area contributed by atoms with Gasteiger partial charge in [-0.05, 0) is 62.1 Å². The SMILES string of the molecule is Cc1ccccc1O[C@H]1c2cc(Cl)cc(F)c2C[C@@H]1N1CCC[C@@H](N)C1. The molecule has 0 spiro atoms. The molecule has 1 aliphatic heterocycles. The number of rotatable bonds is 3. The second-order valence-corrected chi connectivity index (χ2v) is 7.86. The maximum absolute atomic E-state index is 14.6. The predicted octanol–water partition coefficient (Wildman–Crippen LogP) is 4.26. The highest BCUT2D eigenvalue weighted by Crippen LogP contribution is 2.41. The fraction of sp³-hybridized carbons (Fsp3) is 0.429. The van der Waals surface area contributed by atoms with Gasteiger partial charge in [-0.3, -0.25) is 4.90 Å². The van der Waals surface area contributed by atoms with E-state index in [1.807, 2.05) is 37.3 Å². The smallest absolute Gasteiger partial charge is 0.140 e. The van der Waals surface area contributed by atoms with Crippen molar-refractivity contribution in [2.45, 2.75) is 44.4 Å². The average molecular weight is 375 g/mol. The van der Waals surface area contributed by atoms with Crippen molar-refractivity contribution in [3.05, 3.63) is 63.9 Å². The quantitative estimate of drug-likeness (QED) is 0.872. The number of halogens is 2. The average Bonchev–Trinajstić information content (AvgIpc) is 2.96. The topological polar surface area (TPSA) is 38.5 Å². The first kappa shape index (κ1) is 17.8. The molecular weight excluding hydrogens is 351 g/mol. The van der Waals surface area contributed by atoms with E-state index in [1.54, 1.807) is 0 Å². The molecular formula is C21H24ClFN2O. The van der Waals surface area contributed by atoms with Crippen LogP contribution in [0.5, 0.6) is 5.75 Å². The Hall–Kier alpha value is -1.62. The van der Waals surface area contributed by atoms with Crippen molar-refractivity contribution in [1.82, 2.24) is 4.90 Å². The summed E-state index contributed by atoms with van der Waals surface area (Å²) in [5.41, 5.74) is 8.85. The van der Waals surface area contributed by atoms with Gasteiger partial charge in [0.15, 0.2) is 0 Å². The number of hydrogen-bond acceptors (Lipinski definition) is 3. The Morgan fingerprint density at radius 2 is 2.08 bits per heavy atom. The molecule has 138 valence electrons. The van der Waals surface area contributed by atoms with Crippen LogP contribution in [0.15, 0.2) is 36.4 Å². The lowest BCUT2D eigenvalue weighted by Gasteiger charge is -2.38. The first-order valence-electron chi connectivity index (χ1n) is 9.22. The molecule has 2 aromatic carbocycles. The van der Waals surface area contributed by atoms with Crippen molar-refractivity contribution >= 4 is 11.6 Å². The molecule has 0 unspecified atom stereocenters. The van der Waals surface area contributed by atoms with Crippen molar-refractivity contribution < 1.29 is 9.13 Å². The molecule has 1 fully saturated rings. The number of aryl methyl sites for hydroxylation is 1. The van der Waals surface area contributed by atoms with Gasteiger partial charge in [0.2, 0.25) is 0 Å². The lowest BCUT2D eigenvalue weighted by Crippen LogP contribution is -2.49. The molecule has 0 amide bonds. The Morgan fingerprint density at radius 3 is 2.85 bits per heavy atom. The summed E-state index contributed by atoms with van der Waals surface area (Å²) in [5, 5.41) is 0.413. The van der Waals surface area contributed by atoms with E-state index >= 15 is 0 Å². The van der Waals surface area contributed by atoms with Gasteiger partial charge < -0.3 is 10.5 Å². The Kier molecular flexibility index (Phi) is 4.91. The molecule has 1 saturated heterocycles. The summed E-state index contributed by atoms with van der Waals surface area (Å²) >= 11 is 6.16. The minimum Gasteiger partial charge on any atom is -0.484 e. The molecule has 3 nitrogen and oxygen atoms in total. The monoisotopic (exact) mass is 374 g/mol. The number of nitrogens with zero attached hydrogens (tertiary/aromatic N) is 1. The van der Waals surface area contributed by atoms with Crippen LogP contribution in [0.3, 0.4) is 0 Å². The highest BCUT2D eigenvalue weighted by molar-refractivity contribution is 6.30. The number of benzene rings is 2. The van der Waals surface area contributed by atoms with Crippen LogP contribution in [0, 0.1) is 12.7 Å². The van der Waals surface area contributed by atoms with Gasteiger partial charge in [-0.15, -0.1) is 0 Å². The Balaban J connectivity index is 1.71. The van der Waals surface area contributed by atoms with Crippen molar-refractivity contribution in [2.75, 3.05) is 13.1 Å². The largest absolute Gasteiger partial charge is 0.484 e. The molecule has 0 aromatic heterocycles. The van der Waals surface area contributed by atoms with Gasteiger partial charge in [-0.25, -0.2) is 4.39 Å². The van der Waals surface area contributed by atoms with Crippen LogP contribution in [0.2, 0.25) is 5.02 Å². The van der Waals surface area contributed by atoms with Crippen molar-refractivity contribution in [3.8, 4) is 5.75 Å². The molecule has 2 aliphatic rings. The van der Waals surface area contributed by atoms with E-state index in [1.165, 1.54) is 6.07 Å². The van der Waals surface area contributed by atoms with Gasteiger partial charge in [-0.1, -0.05) is 29.8 Å². The zero-order valence-electron chi connectivity index (χ0n) is 14.9. The molecule has 3 atom stereocenters. The van der Waals surface area contributed by atoms with E-state index in [0.29, 0.717) is 11.4 Å². The van der Waals surface area contributed by atoms with Crippen LogP contribution in [-0.2, 0) is 6.42 Å². The third-order valence-electron chi connectivity index (χ3n) is 5.57. The second kappa shape index (κ2) is 7.18. The number of fused-ring (bicyclic) bond motifs is 1. The summed E-state index contributed by atoms with van der Waals surface area (Å²) in [6, 6.07) is 11.4. The van der Waals surface area contributed by atoms with E-state index < -0.39 is 0 Å². The molecule has 2 aromatic rings. The van der Waals surface area contributed by atoms with E-state index in [9.17, 15) is 4.39 Å². The van der Waals surface area contributed by atoms with E-state index in [0.717, 1.165) is 48.4 Å². The maximum atomic E-state index is 14.6. The normalized spacial score (nSPS) is 25.9. The fourth-order valence-electron chi connectivity index (χ4n) is 4.25. The molecule has 2 N–H and O–H groups in total. The van der Waals surface area contributed by atoms with Crippen LogP contribution in [0.1, 0.15) is 35.6 Å². The maximum Gasteiger partial charge on any atom is 0.140 e. The van der Waals surface area contributed by atoms with Crippen LogP contribution < -0.4 is 10.5 Å². The van der Waals surface area contributed by atoms with E-state index in [2.05, 4.69) is 4.90 Å². The summed E-state index contributed by atoms with van der Waals surface area (Å²) < 4.78 is 21.0. The Labute approximate surface area is 158 Å². The summed E-state index contributed by atoms with van der Waals surface area (Å²) in [4.78, 5) is 2.37. The third-order valence-corrected chi connectivity index (χ3v) is 5.79. The van der Waals surface area contributed by atoms with Crippen LogP contribution in [0.25, 0.3) is 0 Å². The van der Waals surface area contributed by atoms with Gasteiger partial charge in [-0.2, -0.15) is 0 Å². The summed E-state index contributed by atoms with van der Waals surface area (Å²) in [7, 11) is 0. The number of piperidine rings is 1. The molecule has 0 bridgehead atoms. The summed E-state index contributed by atoms with van der Waals surface area (Å²) in [6.07, 6.45) is 2.49. The van der Waals surface area contributed by atoms with Crippen molar-refractivity contribution in [1.29, 1.82) is 0 Å². The van der Waals surface area contributed by atoms with Gasteiger partial charge in [0, 0.05) is 23.2 Å².